The zero-order valence-corrected chi connectivity index (χ0v) is 9.50. The minimum atomic E-state index is -4.41. The first-order chi connectivity index (χ1) is 8.39. The number of alkyl halides is 3. The highest BCUT2D eigenvalue weighted by atomic mass is 19.4. The molecule has 2 atom stereocenters. The highest BCUT2D eigenvalue weighted by Gasteiger charge is 2.40. The van der Waals surface area contributed by atoms with Crippen LogP contribution in [0.2, 0.25) is 0 Å². The second-order valence-corrected chi connectivity index (χ2v) is 4.38. The lowest BCUT2D eigenvalue weighted by atomic mass is 10.1. The highest BCUT2D eigenvalue weighted by Crippen LogP contribution is 2.32. The predicted molar refractivity (Wildman–Crippen MR) is 59.4 cm³/mol. The van der Waals surface area contributed by atoms with Gasteiger partial charge in [0.05, 0.1) is 11.5 Å². The first-order valence-corrected chi connectivity index (χ1v) is 5.58. The molecule has 1 aromatic rings. The number of amides is 1. The third kappa shape index (κ3) is 2.81. The minimum Gasteiger partial charge on any atom is -0.352 e. The molecular formula is C12H13F3N2O. The van der Waals surface area contributed by atoms with Crippen molar-refractivity contribution in [2.45, 2.75) is 25.2 Å². The monoisotopic (exact) mass is 258 g/mol. The Bertz CT molecular complexity index is 459. The second-order valence-electron chi connectivity index (χ2n) is 4.38. The molecule has 1 fully saturated rings. The Morgan fingerprint density at radius 2 is 2.00 bits per heavy atom. The normalized spacial score (nSPS) is 22.7. The van der Waals surface area contributed by atoms with Crippen molar-refractivity contribution in [3.8, 4) is 0 Å². The van der Waals surface area contributed by atoms with E-state index in [1.165, 1.54) is 18.2 Å². The molecule has 0 saturated heterocycles. The Balaban J connectivity index is 2.03. The number of hydrogen-bond acceptors (Lipinski definition) is 2. The summed E-state index contributed by atoms with van der Waals surface area (Å²) in [6, 6.07) is 5.05. The van der Waals surface area contributed by atoms with Gasteiger partial charge in [-0.2, -0.15) is 13.2 Å². The van der Waals surface area contributed by atoms with Crippen LogP contribution in [0.15, 0.2) is 24.3 Å². The molecule has 0 aromatic heterocycles. The summed E-state index contributed by atoms with van der Waals surface area (Å²) >= 11 is 0. The molecule has 98 valence electrons. The summed E-state index contributed by atoms with van der Waals surface area (Å²) in [6.07, 6.45) is -3.80. The summed E-state index contributed by atoms with van der Waals surface area (Å²) in [4.78, 5) is 11.5. The summed E-state index contributed by atoms with van der Waals surface area (Å²) in [6.45, 7) is -0.127. The third-order valence-corrected chi connectivity index (χ3v) is 2.95. The number of nitrogens with two attached hydrogens (primary N) is 1. The van der Waals surface area contributed by atoms with E-state index < -0.39 is 11.7 Å². The largest absolute Gasteiger partial charge is 0.416 e. The predicted octanol–water partition coefficient (Wildman–Crippen LogP) is 1.67. The van der Waals surface area contributed by atoms with Crippen molar-refractivity contribution in [1.29, 1.82) is 0 Å². The fraction of sp³-hybridized carbons (Fsp3) is 0.417. The van der Waals surface area contributed by atoms with Gasteiger partial charge < -0.3 is 11.1 Å². The first-order valence-electron chi connectivity index (χ1n) is 5.58. The molecule has 1 amide bonds. The molecule has 2 unspecified atom stereocenters. The van der Waals surface area contributed by atoms with Crippen LogP contribution >= 0.6 is 0 Å². The maximum Gasteiger partial charge on any atom is 0.416 e. The maximum absolute atomic E-state index is 12.7. The van der Waals surface area contributed by atoms with E-state index in [4.69, 9.17) is 5.73 Å². The van der Waals surface area contributed by atoms with E-state index >= 15 is 0 Å². The zero-order valence-electron chi connectivity index (χ0n) is 9.50. The lowest BCUT2D eigenvalue weighted by molar-refractivity contribution is -0.138. The van der Waals surface area contributed by atoms with Crippen molar-refractivity contribution in [1.82, 2.24) is 5.32 Å². The standard InChI is InChI=1S/C12H13F3N2O/c13-12(14,15)9-4-2-1-3-7(9)6-17-11(18)8-5-10(8)16/h1-4,8,10H,5-6,16H2,(H,17,18). The fourth-order valence-electron chi connectivity index (χ4n) is 1.78. The Morgan fingerprint density at radius 1 is 1.39 bits per heavy atom. The van der Waals surface area contributed by atoms with Gasteiger partial charge in [0.2, 0.25) is 5.91 Å². The molecular weight excluding hydrogens is 245 g/mol. The highest BCUT2D eigenvalue weighted by molar-refractivity contribution is 5.82. The van der Waals surface area contributed by atoms with Gasteiger partial charge in [0, 0.05) is 12.6 Å². The molecule has 2 rings (SSSR count). The molecule has 1 aromatic carbocycles. The van der Waals surface area contributed by atoms with Crippen LogP contribution in [0.1, 0.15) is 17.5 Å². The molecule has 6 heteroatoms. The first kappa shape index (κ1) is 12.9. The lowest BCUT2D eigenvalue weighted by Crippen LogP contribution is -2.28. The van der Waals surface area contributed by atoms with E-state index in [0.29, 0.717) is 6.42 Å². The number of rotatable bonds is 3. The van der Waals surface area contributed by atoms with E-state index in [1.807, 2.05) is 0 Å². The van der Waals surface area contributed by atoms with Crippen molar-refractivity contribution in [2.75, 3.05) is 0 Å². The number of hydrogen-bond donors (Lipinski definition) is 2. The number of halogens is 3. The molecule has 3 N–H and O–H groups in total. The van der Waals surface area contributed by atoms with Crippen molar-refractivity contribution < 1.29 is 18.0 Å². The molecule has 0 aliphatic heterocycles. The minimum absolute atomic E-state index is 0.0626. The van der Waals surface area contributed by atoms with Gasteiger partial charge in [-0.1, -0.05) is 18.2 Å². The van der Waals surface area contributed by atoms with Crippen LogP contribution in [0.4, 0.5) is 13.2 Å². The SMILES string of the molecule is NC1CC1C(=O)NCc1ccccc1C(F)(F)F. The van der Waals surface area contributed by atoms with Crippen LogP contribution < -0.4 is 11.1 Å². The molecule has 0 spiro atoms. The topological polar surface area (TPSA) is 55.1 Å². The Kier molecular flexibility index (Phi) is 3.30. The molecule has 3 nitrogen and oxygen atoms in total. The Labute approximate surface area is 102 Å². The van der Waals surface area contributed by atoms with Crippen LogP contribution in [-0.2, 0) is 17.5 Å². The van der Waals surface area contributed by atoms with Gasteiger partial charge in [0.25, 0.3) is 0 Å². The van der Waals surface area contributed by atoms with E-state index in [2.05, 4.69) is 5.32 Å². The number of carbonyl (C=O) groups is 1. The summed E-state index contributed by atoms with van der Waals surface area (Å²) in [5.74, 6) is -0.525. The fourth-order valence-corrected chi connectivity index (χ4v) is 1.78. The average Bonchev–Trinajstić information content (AvgIpc) is 3.02. The summed E-state index contributed by atoms with van der Waals surface area (Å²) < 4.78 is 38.0. The summed E-state index contributed by atoms with van der Waals surface area (Å²) in [7, 11) is 0. The van der Waals surface area contributed by atoms with E-state index in [1.54, 1.807) is 0 Å². The maximum atomic E-state index is 12.7. The smallest absolute Gasteiger partial charge is 0.352 e. The second kappa shape index (κ2) is 4.61. The molecule has 0 bridgehead atoms. The van der Waals surface area contributed by atoms with E-state index in [0.717, 1.165) is 6.07 Å². The quantitative estimate of drug-likeness (QED) is 0.866. The van der Waals surface area contributed by atoms with E-state index in [9.17, 15) is 18.0 Å². The number of carbonyl (C=O) groups excluding carboxylic acids is 1. The van der Waals surface area contributed by atoms with Crippen LogP contribution in [-0.4, -0.2) is 11.9 Å². The lowest BCUT2D eigenvalue weighted by Gasteiger charge is -2.13. The number of benzene rings is 1. The van der Waals surface area contributed by atoms with Crippen molar-refractivity contribution in [3.05, 3.63) is 35.4 Å². The van der Waals surface area contributed by atoms with Gasteiger partial charge >= 0.3 is 6.18 Å². The van der Waals surface area contributed by atoms with Crippen LogP contribution in [0, 0.1) is 5.92 Å². The molecule has 1 saturated carbocycles. The number of nitrogens with one attached hydrogen (secondary N) is 1. The zero-order chi connectivity index (χ0) is 13.3. The Hall–Kier alpha value is -1.56. The summed E-state index contributed by atoms with van der Waals surface area (Å²) in [5.41, 5.74) is 4.84. The van der Waals surface area contributed by atoms with Crippen molar-refractivity contribution in [2.24, 2.45) is 11.7 Å². The summed E-state index contributed by atoms with van der Waals surface area (Å²) in [5, 5.41) is 2.48. The van der Waals surface area contributed by atoms with Gasteiger partial charge in [-0.05, 0) is 18.1 Å². The molecule has 1 aliphatic rings. The molecule has 1 aliphatic carbocycles. The van der Waals surface area contributed by atoms with Crippen LogP contribution in [0.25, 0.3) is 0 Å². The van der Waals surface area contributed by atoms with Crippen LogP contribution in [0.5, 0.6) is 0 Å². The van der Waals surface area contributed by atoms with Crippen molar-refractivity contribution in [3.63, 3.8) is 0 Å². The van der Waals surface area contributed by atoms with Gasteiger partial charge in [-0.25, -0.2) is 0 Å². The third-order valence-electron chi connectivity index (χ3n) is 2.95. The van der Waals surface area contributed by atoms with Crippen molar-refractivity contribution >= 4 is 5.91 Å². The average molecular weight is 258 g/mol. The van der Waals surface area contributed by atoms with Gasteiger partial charge in [-0.15, -0.1) is 0 Å². The van der Waals surface area contributed by atoms with E-state index in [-0.39, 0.29) is 30.0 Å². The molecule has 0 heterocycles. The van der Waals surface area contributed by atoms with Gasteiger partial charge in [0.1, 0.15) is 0 Å². The van der Waals surface area contributed by atoms with Crippen LogP contribution in [0.3, 0.4) is 0 Å². The molecule has 0 radical (unpaired) electrons. The van der Waals surface area contributed by atoms with Gasteiger partial charge in [0.15, 0.2) is 0 Å². The van der Waals surface area contributed by atoms with Gasteiger partial charge in [-0.3, -0.25) is 4.79 Å². The Morgan fingerprint density at radius 3 is 2.56 bits per heavy atom. The molecule has 18 heavy (non-hydrogen) atoms.